The Balaban J connectivity index is 1.80. The number of hydrogen-bond donors (Lipinski definition) is 1. The van der Waals surface area contributed by atoms with Crippen molar-refractivity contribution in [1.29, 1.82) is 0 Å². The van der Waals surface area contributed by atoms with Crippen LogP contribution in [0.2, 0.25) is 0 Å². The molecule has 0 aromatic heterocycles. The third-order valence-corrected chi connectivity index (χ3v) is 6.07. The minimum Gasteiger partial charge on any atom is -0.373 e. The molecule has 0 radical (unpaired) electrons. The van der Waals surface area contributed by atoms with E-state index in [9.17, 15) is 22.0 Å². The molecule has 0 aliphatic carbocycles. The van der Waals surface area contributed by atoms with Crippen molar-refractivity contribution in [2.45, 2.75) is 10.6 Å². The Bertz CT molecular complexity index is 1160. The lowest BCUT2D eigenvalue weighted by Crippen LogP contribution is -2.16. The zero-order valence-corrected chi connectivity index (χ0v) is 17.2. The molecule has 0 atom stereocenters. The van der Waals surface area contributed by atoms with Crippen molar-refractivity contribution in [2.75, 3.05) is 24.3 Å². The number of amides is 1. The van der Waals surface area contributed by atoms with Gasteiger partial charge in [0.2, 0.25) is 0 Å². The average Bonchev–Trinajstić information content (AvgIpc) is 2.67. The second kappa shape index (κ2) is 8.62. The van der Waals surface area contributed by atoms with E-state index in [-0.39, 0.29) is 27.6 Å². The molecule has 156 valence electrons. The quantitative estimate of drug-likeness (QED) is 0.635. The Morgan fingerprint density at radius 1 is 0.933 bits per heavy atom. The van der Waals surface area contributed by atoms with E-state index in [4.69, 9.17) is 0 Å². The highest BCUT2D eigenvalue weighted by atomic mass is 32.2. The number of halogens is 2. The summed E-state index contributed by atoms with van der Waals surface area (Å²) in [5.74, 6) is -2.50. The van der Waals surface area contributed by atoms with Gasteiger partial charge in [0.25, 0.3) is 5.91 Å². The first-order chi connectivity index (χ1) is 14.2. The van der Waals surface area contributed by atoms with Gasteiger partial charge in [-0.05, 0) is 42.0 Å². The fourth-order valence-electron chi connectivity index (χ4n) is 3.00. The number of anilines is 2. The zero-order valence-electron chi connectivity index (χ0n) is 16.4. The molecule has 3 aromatic rings. The van der Waals surface area contributed by atoms with E-state index in [0.717, 1.165) is 12.1 Å². The van der Waals surface area contributed by atoms with Gasteiger partial charge in [0, 0.05) is 25.3 Å². The number of nitrogens with zero attached hydrogens (tertiary/aromatic N) is 1. The normalized spacial score (nSPS) is 11.2. The maximum atomic E-state index is 14.1. The summed E-state index contributed by atoms with van der Waals surface area (Å²) in [4.78, 5) is 14.0. The molecule has 0 aliphatic rings. The van der Waals surface area contributed by atoms with Crippen molar-refractivity contribution in [2.24, 2.45) is 0 Å². The van der Waals surface area contributed by atoms with Gasteiger partial charge in [-0.2, -0.15) is 0 Å². The summed E-state index contributed by atoms with van der Waals surface area (Å²) in [7, 11) is -0.557. The molecule has 0 fully saturated rings. The highest BCUT2D eigenvalue weighted by Crippen LogP contribution is 2.26. The van der Waals surface area contributed by atoms with E-state index in [1.807, 2.05) is 0 Å². The van der Waals surface area contributed by atoms with Gasteiger partial charge in [0.1, 0.15) is 5.69 Å². The molecule has 0 unspecified atom stereocenters. The van der Waals surface area contributed by atoms with Crippen molar-refractivity contribution in [1.82, 2.24) is 0 Å². The molecule has 3 aromatic carbocycles. The van der Waals surface area contributed by atoms with Gasteiger partial charge < -0.3 is 10.2 Å². The molecule has 8 heteroatoms. The highest BCUT2D eigenvalue weighted by molar-refractivity contribution is 7.90. The number of rotatable bonds is 6. The van der Waals surface area contributed by atoms with Crippen LogP contribution in [0.3, 0.4) is 0 Å². The summed E-state index contributed by atoms with van der Waals surface area (Å²) in [6, 6.07) is 16.2. The standard InChI is InChI=1S/C22H20F2N2O3S/c1-26(2)21-19(23)12-17(13-20(21)24)25-22(27)16-8-6-7-15(11-16)14-30(28,29)18-9-4-3-5-10-18/h3-13H,14H2,1-2H3,(H,25,27). The Morgan fingerprint density at radius 3 is 2.17 bits per heavy atom. The third kappa shape index (κ3) is 4.83. The monoisotopic (exact) mass is 430 g/mol. The lowest BCUT2D eigenvalue weighted by Gasteiger charge is -2.16. The number of carbonyl (C=O) groups excluding carboxylic acids is 1. The summed E-state index contributed by atoms with van der Waals surface area (Å²) in [5, 5.41) is 2.44. The largest absolute Gasteiger partial charge is 0.373 e. The molecular formula is C22H20F2N2O3S. The average molecular weight is 430 g/mol. The number of benzene rings is 3. The molecule has 1 amide bonds. The number of carbonyl (C=O) groups is 1. The van der Waals surface area contributed by atoms with Crippen molar-refractivity contribution in [3.8, 4) is 0 Å². The van der Waals surface area contributed by atoms with Crippen molar-refractivity contribution in [3.05, 3.63) is 89.5 Å². The Kier molecular flexibility index (Phi) is 6.17. The minimum absolute atomic E-state index is 0.0390. The van der Waals surface area contributed by atoms with E-state index in [0.29, 0.717) is 5.56 Å². The molecule has 30 heavy (non-hydrogen) atoms. The van der Waals surface area contributed by atoms with Gasteiger partial charge >= 0.3 is 0 Å². The molecule has 0 spiro atoms. The first-order valence-electron chi connectivity index (χ1n) is 9.02. The maximum Gasteiger partial charge on any atom is 0.255 e. The molecule has 0 saturated carbocycles. The smallest absolute Gasteiger partial charge is 0.255 e. The Morgan fingerprint density at radius 2 is 1.57 bits per heavy atom. The van der Waals surface area contributed by atoms with Gasteiger partial charge in [0.15, 0.2) is 21.5 Å². The first kappa shape index (κ1) is 21.4. The van der Waals surface area contributed by atoms with Crippen molar-refractivity contribution in [3.63, 3.8) is 0 Å². The fourth-order valence-corrected chi connectivity index (χ4v) is 4.36. The summed E-state index contributed by atoms with van der Waals surface area (Å²) in [6.45, 7) is 0. The van der Waals surface area contributed by atoms with E-state index >= 15 is 0 Å². The fraction of sp³-hybridized carbons (Fsp3) is 0.136. The topological polar surface area (TPSA) is 66.5 Å². The predicted octanol–water partition coefficient (Wildman–Crippen LogP) is 4.26. The molecule has 5 nitrogen and oxygen atoms in total. The number of nitrogens with one attached hydrogen (secondary N) is 1. The van der Waals surface area contributed by atoms with Crippen LogP contribution in [0.15, 0.2) is 71.6 Å². The van der Waals surface area contributed by atoms with Crippen LogP contribution in [-0.4, -0.2) is 28.4 Å². The van der Waals surface area contributed by atoms with Crippen LogP contribution in [0.25, 0.3) is 0 Å². The second-order valence-corrected chi connectivity index (χ2v) is 8.90. The third-order valence-electron chi connectivity index (χ3n) is 4.37. The minimum atomic E-state index is -3.57. The summed E-state index contributed by atoms with van der Waals surface area (Å²) < 4.78 is 53.3. The Labute approximate surface area is 173 Å². The van der Waals surface area contributed by atoms with E-state index in [2.05, 4.69) is 5.32 Å². The molecule has 3 rings (SSSR count). The summed E-state index contributed by atoms with van der Waals surface area (Å²) in [5.41, 5.74) is 0.351. The molecule has 0 aliphatic heterocycles. The van der Waals surface area contributed by atoms with Crippen LogP contribution in [0, 0.1) is 11.6 Å². The van der Waals surface area contributed by atoms with Crippen LogP contribution in [0.4, 0.5) is 20.2 Å². The zero-order chi connectivity index (χ0) is 21.9. The SMILES string of the molecule is CN(C)c1c(F)cc(NC(=O)c2cccc(CS(=O)(=O)c3ccccc3)c2)cc1F. The summed E-state index contributed by atoms with van der Waals surface area (Å²) in [6.07, 6.45) is 0. The van der Waals surface area contributed by atoms with Gasteiger partial charge in [-0.25, -0.2) is 17.2 Å². The van der Waals surface area contributed by atoms with Gasteiger partial charge in [-0.15, -0.1) is 0 Å². The second-order valence-electron chi connectivity index (χ2n) is 6.91. The van der Waals surface area contributed by atoms with Crippen LogP contribution in [-0.2, 0) is 15.6 Å². The molecule has 0 bridgehead atoms. The molecule has 0 heterocycles. The van der Waals surface area contributed by atoms with Crippen molar-refractivity contribution >= 4 is 27.1 Å². The first-order valence-corrected chi connectivity index (χ1v) is 10.7. The maximum absolute atomic E-state index is 14.1. The molecule has 0 saturated heterocycles. The molecular weight excluding hydrogens is 410 g/mol. The van der Waals surface area contributed by atoms with Crippen LogP contribution >= 0.6 is 0 Å². The van der Waals surface area contributed by atoms with E-state index < -0.39 is 27.4 Å². The lowest BCUT2D eigenvalue weighted by molar-refractivity contribution is 0.102. The lowest BCUT2D eigenvalue weighted by atomic mass is 10.1. The number of hydrogen-bond acceptors (Lipinski definition) is 4. The van der Waals surface area contributed by atoms with Crippen LogP contribution in [0.1, 0.15) is 15.9 Å². The van der Waals surface area contributed by atoms with E-state index in [1.165, 1.54) is 43.3 Å². The van der Waals surface area contributed by atoms with Crippen LogP contribution < -0.4 is 10.2 Å². The van der Waals surface area contributed by atoms with Crippen molar-refractivity contribution < 1.29 is 22.0 Å². The highest BCUT2D eigenvalue weighted by Gasteiger charge is 2.17. The van der Waals surface area contributed by atoms with Gasteiger partial charge in [-0.1, -0.05) is 30.3 Å². The van der Waals surface area contributed by atoms with Gasteiger partial charge in [-0.3, -0.25) is 4.79 Å². The van der Waals surface area contributed by atoms with E-state index in [1.54, 1.807) is 30.3 Å². The van der Waals surface area contributed by atoms with Gasteiger partial charge in [0.05, 0.1) is 10.6 Å². The summed E-state index contributed by atoms with van der Waals surface area (Å²) >= 11 is 0. The predicted molar refractivity (Wildman–Crippen MR) is 112 cm³/mol. The Hall–Kier alpha value is -3.26. The molecule has 1 N–H and O–H groups in total. The number of sulfone groups is 1. The van der Waals surface area contributed by atoms with Crippen LogP contribution in [0.5, 0.6) is 0 Å².